The van der Waals surface area contributed by atoms with Crippen LogP contribution in [0, 0.1) is 0 Å². The molecule has 1 atom stereocenters. The summed E-state index contributed by atoms with van der Waals surface area (Å²) in [4.78, 5) is 20.4. The number of fused-ring (bicyclic) bond motifs is 1. The quantitative estimate of drug-likeness (QED) is 0.647. The van der Waals surface area contributed by atoms with Crippen molar-refractivity contribution in [3.8, 4) is 0 Å². The second-order valence-electron chi connectivity index (χ2n) is 3.76. The molecule has 1 unspecified atom stereocenters. The highest BCUT2D eigenvalue weighted by Crippen LogP contribution is 2.29. The van der Waals surface area contributed by atoms with Crippen molar-refractivity contribution < 1.29 is 9.90 Å². The Bertz CT molecular complexity index is 570. The van der Waals surface area contributed by atoms with Crippen LogP contribution in [0.15, 0.2) is 16.6 Å². The summed E-state index contributed by atoms with van der Waals surface area (Å²) < 4.78 is 0. The van der Waals surface area contributed by atoms with Crippen molar-refractivity contribution in [1.82, 2.24) is 9.97 Å². The first kappa shape index (κ1) is 13.1. The minimum Gasteiger partial charge on any atom is -0.480 e. The zero-order valence-corrected chi connectivity index (χ0v) is 11.4. The number of hydrogen-bond donors (Lipinski definition) is 2. The van der Waals surface area contributed by atoms with E-state index in [0.29, 0.717) is 17.4 Å². The number of hydrogen-bond acceptors (Lipinski definition) is 6. The Morgan fingerprint density at radius 3 is 3.06 bits per heavy atom. The summed E-state index contributed by atoms with van der Waals surface area (Å²) >= 11 is 2.63. The Labute approximate surface area is 112 Å². The maximum atomic E-state index is 11.1. The molecular formula is C11H13N3O2S2. The van der Waals surface area contributed by atoms with Crippen molar-refractivity contribution in [2.45, 2.75) is 30.2 Å². The molecule has 0 aliphatic rings. The summed E-state index contributed by atoms with van der Waals surface area (Å²) in [6, 6.07) is 1.87. The van der Waals surface area contributed by atoms with Crippen molar-refractivity contribution in [1.29, 1.82) is 0 Å². The van der Waals surface area contributed by atoms with Gasteiger partial charge in [-0.2, -0.15) is 0 Å². The van der Waals surface area contributed by atoms with Gasteiger partial charge in [0.1, 0.15) is 15.9 Å². The molecule has 0 fully saturated rings. The highest BCUT2D eigenvalue weighted by Gasteiger charge is 2.20. The number of thioether (sulfide) groups is 1. The highest BCUT2D eigenvalue weighted by molar-refractivity contribution is 8.00. The Morgan fingerprint density at radius 2 is 2.39 bits per heavy atom. The molecule has 2 aromatic heterocycles. The molecule has 0 spiro atoms. The molecule has 2 aromatic rings. The fourth-order valence-corrected chi connectivity index (χ4v) is 3.37. The Balaban J connectivity index is 2.27. The van der Waals surface area contributed by atoms with Gasteiger partial charge in [-0.05, 0) is 17.9 Å². The van der Waals surface area contributed by atoms with Crippen LogP contribution in [0.5, 0.6) is 0 Å². The smallest absolute Gasteiger partial charge is 0.317 e. The maximum absolute atomic E-state index is 11.1. The van der Waals surface area contributed by atoms with E-state index in [1.54, 1.807) is 0 Å². The zero-order chi connectivity index (χ0) is 13.1. The molecule has 3 N–H and O–H groups in total. The highest BCUT2D eigenvalue weighted by atomic mass is 32.2. The molecule has 5 nitrogen and oxygen atoms in total. The van der Waals surface area contributed by atoms with Gasteiger partial charge in [-0.25, -0.2) is 9.97 Å². The van der Waals surface area contributed by atoms with Crippen LogP contribution in [0.25, 0.3) is 10.2 Å². The number of carbonyl (C=O) groups is 1. The van der Waals surface area contributed by atoms with Crippen molar-refractivity contribution in [2.75, 3.05) is 5.73 Å². The molecule has 18 heavy (non-hydrogen) atoms. The Morgan fingerprint density at radius 1 is 1.61 bits per heavy atom. The number of nitrogens with two attached hydrogens (primary N) is 1. The molecule has 7 heteroatoms. The van der Waals surface area contributed by atoms with Gasteiger partial charge in [0.25, 0.3) is 0 Å². The molecule has 0 amide bonds. The Kier molecular flexibility index (Phi) is 4.03. The summed E-state index contributed by atoms with van der Waals surface area (Å²) in [5.41, 5.74) is 5.82. The number of aromatic nitrogens is 2. The maximum Gasteiger partial charge on any atom is 0.317 e. The van der Waals surface area contributed by atoms with Crippen LogP contribution in [0.3, 0.4) is 0 Å². The van der Waals surface area contributed by atoms with Crippen molar-refractivity contribution in [2.24, 2.45) is 0 Å². The van der Waals surface area contributed by atoms with Crippen LogP contribution < -0.4 is 5.73 Å². The topological polar surface area (TPSA) is 89.1 Å². The summed E-state index contributed by atoms with van der Waals surface area (Å²) in [5, 5.41) is 11.7. The van der Waals surface area contributed by atoms with Crippen LogP contribution in [0.1, 0.15) is 19.8 Å². The minimum absolute atomic E-state index is 0.407. The first-order valence-corrected chi connectivity index (χ1v) is 7.28. The monoisotopic (exact) mass is 283 g/mol. The van der Waals surface area contributed by atoms with Gasteiger partial charge in [-0.3, -0.25) is 4.79 Å². The number of carboxylic acid groups (broad SMARTS) is 1. The van der Waals surface area contributed by atoms with Gasteiger partial charge in [0.15, 0.2) is 5.16 Å². The fraction of sp³-hybridized carbons (Fsp3) is 0.364. The van der Waals surface area contributed by atoms with Gasteiger partial charge in [0.05, 0.1) is 5.39 Å². The number of rotatable bonds is 5. The van der Waals surface area contributed by atoms with E-state index in [0.717, 1.165) is 28.4 Å². The van der Waals surface area contributed by atoms with Gasteiger partial charge >= 0.3 is 5.97 Å². The molecule has 0 aliphatic heterocycles. The SMILES string of the molecule is CCCC(Sc1nc(N)c2ccsc2n1)C(=O)O. The molecule has 2 heterocycles. The first-order valence-electron chi connectivity index (χ1n) is 5.52. The van der Waals surface area contributed by atoms with Gasteiger partial charge in [0, 0.05) is 0 Å². The fourth-order valence-electron chi connectivity index (χ4n) is 1.53. The summed E-state index contributed by atoms with van der Waals surface area (Å²) in [6.45, 7) is 1.95. The van der Waals surface area contributed by atoms with E-state index in [9.17, 15) is 4.79 Å². The lowest BCUT2D eigenvalue weighted by Crippen LogP contribution is -2.16. The number of thiophene rings is 1. The van der Waals surface area contributed by atoms with Crippen LogP contribution >= 0.6 is 23.1 Å². The lowest BCUT2D eigenvalue weighted by atomic mass is 10.2. The normalized spacial score (nSPS) is 12.7. The molecule has 0 aromatic carbocycles. The third kappa shape index (κ3) is 2.73. The zero-order valence-electron chi connectivity index (χ0n) is 9.79. The third-order valence-electron chi connectivity index (χ3n) is 2.41. The van der Waals surface area contributed by atoms with E-state index in [2.05, 4.69) is 9.97 Å². The number of anilines is 1. The molecular weight excluding hydrogens is 270 g/mol. The largest absolute Gasteiger partial charge is 0.480 e. The van der Waals surface area contributed by atoms with Crippen LogP contribution in [-0.4, -0.2) is 26.3 Å². The van der Waals surface area contributed by atoms with E-state index in [4.69, 9.17) is 10.8 Å². The third-order valence-corrected chi connectivity index (χ3v) is 4.33. The van der Waals surface area contributed by atoms with E-state index >= 15 is 0 Å². The van der Waals surface area contributed by atoms with E-state index < -0.39 is 11.2 Å². The second-order valence-corrected chi connectivity index (χ2v) is 5.83. The molecule has 96 valence electrons. The van der Waals surface area contributed by atoms with Crippen LogP contribution in [-0.2, 0) is 4.79 Å². The Hall–Kier alpha value is -1.34. The van der Waals surface area contributed by atoms with Crippen molar-refractivity contribution in [3.63, 3.8) is 0 Å². The number of nitrogen functional groups attached to an aromatic ring is 1. The number of nitrogens with zero attached hydrogens (tertiary/aromatic N) is 2. The van der Waals surface area contributed by atoms with Gasteiger partial charge in [-0.1, -0.05) is 25.1 Å². The van der Waals surface area contributed by atoms with Gasteiger partial charge in [0.2, 0.25) is 0 Å². The molecule has 0 saturated heterocycles. The molecule has 2 rings (SSSR count). The van der Waals surface area contributed by atoms with Crippen molar-refractivity contribution in [3.05, 3.63) is 11.4 Å². The number of carboxylic acids is 1. The summed E-state index contributed by atoms with van der Waals surface area (Å²) in [6.07, 6.45) is 1.40. The number of aliphatic carboxylic acids is 1. The van der Waals surface area contributed by atoms with Crippen LogP contribution in [0.4, 0.5) is 5.82 Å². The molecule has 0 radical (unpaired) electrons. The summed E-state index contributed by atoms with van der Waals surface area (Å²) in [7, 11) is 0. The predicted molar refractivity (Wildman–Crippen MR) is 74.0 cm³/mol. The van der Waals surface area contributed by atoms with E-state index in [-0.39, 0.29) is 0 Å². The lowest BCUT2D eigenvalue weighted by molar-refractivity contribution is -0.136. The van der Waals surface area contributed by atoms with Crippen LogP contribution in [0.2, 0.25) is 0 Å². The first-order chi connectivity index (χ1) is 8.61. The van der Waals surface area contributed by atoms with Crippen molar-refractivity contribution >= 4 is 45.1 Å². The molecule has 0 aliphatic carbocycles. The second kappa shape index (κ2) is 5.53. The predicted octanol–water partition coefficient (Wildman–Crippen LogP) is 2.62. The summed E-state index contributed by atoms with van der Waals surface area (Å²) in [5.74, 6) is -0.431. The standard InChI is InChI=1S/C11H13N3O2S2/c1-2-3-7(10(15)16)18-11-13-8(12)6-4-5-17-9(6)14-11/h4-5,7H,2-3H2,1H3,(H,15,16)(H2,12,13,14). The van der Waals surface area contributed by atoms with Gasteiger partial charge in [-0.15, -0.1) is 11.3 Å². The molecule has 0 bridgehead atoms. The average molecular weight is 283 g/mol. The minimum atomic E-state index is -0.838. The van der Waals surface area contributed by atoms with Gasteiger partial charge < -0.3 is 10.8 Å². The lowest BCUT2D eigenvalue weighted by Gasteiger charge is -2.09. The van der Waals surface area contributed by atoms with E-state index in [1.807, 2.05) is 18.4 Å². The molecule has 0 saturated carbocycles. The van der Waals surface area contributed by atoms with E-state index in [1.165, 1.54) is 11.3 Å². The average Bonchev–Trinajstić information content (AvgIpc) is 2.77.